The van der Waals surface area contributed by atoms with Crippen molar-refractivity contribution in [3.05, 3.63) is 52.6 Å². The first kappa shape index (κ1) is 19.1. The zero-order valence-electron chi connectivity index (χ0n) is 14.8. The zero-order valence-corrected chi connectivity index (χ0v) is 14.8. The summed E-state index contributed by atoms with van der Waals surface area (Å²) in [4.78, 5) is 35.5. The molecule has 0 aliphatic heterocycles. The average molecular weight is 387 g/mol. The maximum Gasteiger partial charge on any atom is 0.336 e. The largest absolute Gasteiger partial charge is 0.484 e. The highest BCUT2D eigenvalue weighted by Gasteiger charge is 2.21. The van der Waals surface area contributed by atoms with Gasteiger partial charge in [-0.2, -0.15) is 0 Å². The van der Waals surface area contributed by atoms with E-state index in [1.165, 1.54) is 24.5 Å². The third-order valence-corrected chi connectivity index (χ3v) is 3.82. The first-order chi connectivity index (χ1) is 13.5. The van der Waals surface area contributed by atoms with E-state index in [4.69, 9.17) is 9.15 Å². The maximum absolute atomic E-state index is 12.0. The first-order valence-electron chi connectivity index (χ1n) is 8.25. The van der Waals surface area contributed by atoms with Crippen molar-refractivity contribution < 1.29 is 28.4 Å². The molecule has 0 aliphatic carbocycles. The number of aliphatic hydroxyl groups is 1. The summed E-state index contributed by atoms with van der Waals surface area (Å²) in [7, 11) is 0. The van der Waals surface area contributed by atoms with Crippen LogP contribution in [0, 0.1) is 6.92 Å². The number of amides is 2. The molecule has 10 nitrogen and oxygen atoms in total. The number of hydrogen-bond donors (Lipinski definition) is 3. The minimum Gasteiger partial charge on any atom is -0.484 e. The number of fused-ring (bicyclic) bond motifs is 1. The molecule has 0 radical (unpaired) electrons. The quantitative estimate of drug-likeness (QED) is 0.500. The van der Waals surface area contributed by atoms with Gasteiger partial charge in [-0.25, -0.2) is 4.79 Å². The molecule has 3 aromatic rings. The first-order valence-corrected chi connectivity index (χ1v) is 8.25. The predicted octanol–water partition coefficient (Wildman–Crippen LogP) is 0.584. The molecule has 28 heavy (non-hydrogen) atoms. The lowest BCUT2D eigenvalue weighted by molar-refractivity contribution is -0.128. The van der Waals surface area contributed by atoms with Crippen LogP contribution in [0.1, 0.15) is 5.56 Å². The average Bonchev–Trinajstić information content (AvgIpc) is 3.16. The van der Waals surface area contributed by atoms with Crippen LogP contribution in [-0.2, 0) is 9.59 Å². The molecule has 1 atom stereocenters. The highest BCUT2D eigenvalue weighted by molar-refractivity contribution is 5.96. The molecule has 0 fully saturated rings. The second-order valence-corrected chi connectivity index (χ2v) is 5.87. The van der Waals surface area contributed by atoms with Gasteiger partial charge >= 0.3 is 5.63 Å². The second kappa shape index (κ2) is 8.35. The number of anilines is 1. The minimum absolute atomic E-state index is 0.155. The highest BCUT2D eigenvalue weighted by Crippen LogP contribution is 2.22. The molecule has 1 aromatic carbocycles. The summed E-state index contributed by atoms with van der Waals surface area (Å²) in [5.74, 6) is -0.821. The number of carbonyl (C=O) groups excluding carboxylic acids is 2. The Bertz CT molecular complexity index is 1040. The standard InChI is InChI=1S/C18H17N3O7/c1-10-6-17(24)28-14-7-11(2-3-12(10)14)26-9-16(23)19-13(8-22)18(25)20-15-4-5-27-21-15/h2-7,13,22H,8-9H2,1H3,(H,19,23)(H,20,21,25)/t13-/m0/s1. The lowest BCUT2D eigenvalue weighted by atomic mass is 10.1. The molecule has 10 heteroatoms. The van der Waals surface area contributed by atoms with Crippen LogP contribution in [0.25, 0.3) is 11.0 Å². The van der Waals surface area contributed by atoms with Gasteiger partial charge in [0.05, 0.1) is 6.61 Å². The van der Waals surface area contributed by atoms with Crippen molar-refractivity contribution in [2.75, 3.05) is 18.5 Å². The summed E-state index contributed by atoms with van der Waals surface area (Å²) in [6, 6.07) is 6.45. The van der Waals surface area contributed by atoms with Crippen LogP contribution in [0.3, 0.4) is 0 Å². The molecule has 2 amide bonds. The minimum atomic E-state index is -1.19. The number of benzene rings is 1. The molecular formula is C18H17N3O7. The third-order valence-electron chi connectivity index (χ3n) is 3.82. The number of hydrogen-bond acceptors (Lipinski definition) is 8. The Kier molecular flexibility index (Phi) is 5.70. The van der Waals surface area contributed by atoms with Gasteiger partial charge in [0.25, 0.3) is 11.8 Å². The molecule has 0 unspecified atom stereocenters. The summed E-state index contributed by atoms with van der Waals surface area (Å²) in [5, 5.41) is 18.3. The Morgan fingerprint density at radius 1 is 1.29 bits per heavy atom. The Hall–Kier alpha value is -3.66. The van der Waals surface area contributed by atoms with Gasteiger partial charge in [-0.05, 0) is 24.6 Å². The molecule has 3 N–H and O–H groups in total. The van der Waals surface area contributed by atoms with Crippen LogP contribution >= 0.6 is 0 Å². The van der Waals surface area contributed by atoms with Crippen molar-refractivity contribution in [3.8, 4) is 5.75 Å². The maximum atomic E-state index is 12.0. The van der Waals surface area contributed by atoms with Gasteiger partial charge in [0.1, 0.15) is 23.6 Å². The Morgan fingerprint density at radius 3 is 2.82 bits per heavy atom. The molecular weight excluding hydrogens is 370 g/mol. The van der Waals surface area contributed by atoms with E-state index in [2.05, 4.69) is 20.3 Å². The Labute approximate surface area is 158 Å². The number of aliphatic hydroxyl groups excluding tert-OH is 1. The van der Waals surface area contributed by atoms with E-state index in [9.17, 15) is 19.5 Å². The zero-order chi connectivity index (χ0) is 20.1. The summed E-state index contributed by atoms with van der Waals surface area (Å²) < 4.78 is 15.1. The topological polar surface area (TPSA) is 144 Å². The molecule has 0 aliphatic rings. The normalized spacial score (nSPS) is 11.8. The van der Waals surface area contributed by atoms with E-state index in [1.54, 1.807) is 19.1 Å². The lowest BCUT2D eigenvalue weighted by Gasteiger charge is -2.15. The van der Waals surface area contributed by atoms with Crippen LogP contribution in [0.2, 0.25) is 0 Å². The van der Waals surface area contributed by atoms with Crippen LogP contribution in [0.4, 0.5) is 5.82 Å². The second-order valence-electron chi connectivity index (χ2n) is 5.87. The fourth-order valence-electron chi connectivity index (χ4n) is 2.46. The van der Waals surface area contributed by atoms with Gasteiger partial charge in [0.2, 0.25) is 0 Å². The summed E-state index contributed by atoms with van der Waals surface area (Å²) >= 11 is 0. The van der Waals surface area contributed by atoms with E-state index in [1.807, 2.05) is 0 Å². The third kappa shape index (κ3) is 4.54. The van der Waals surface area contributed by atoms with Gasteiger partial charge in [-0.15, -0.1) is 0 Å². The highest BCUT2D eigenvalue weighted by atomic mass is 16.5. The lowest BCUT2D eigenvalue weighted by Crippen LogP contribution is -2.47. The number of ether oxygens (including phenoxy) is 1. The SMILES string of the molecule is Cc1cc(=O)oc2cc(OCC(=O)N[C@@H](CO)C(=O)Nc3ccon3)ccc12. The number of aryl methyl sites for hydroxylation is 1. The molecule has 0 saturated heterocycles. The van der Waals surface area contributed by atoms with Crippen molar-refractivity contribution in [3.63, 3.8) is 0 Å². The molecule has 3 rings (SSSR count). The molecule has 0 bridgehead atoms. The predicted molar refractivity (Wildman–Crippen MR) is 96.9 cm³/mol. The summed E-state index contributed by atoms with van der Waals surface area (Å²) in [6.07, 6.45) is 1.27. The van der Waals surface area contributed by atoms with Crippen molar-refractivity contribution in [1.29, 1.82) is 0 Å². The van der Waals surface area contributed by atoms with Crippen LogP contribution in [-0.4, -0.2) is 41.3 Å². The number of carbonyl (C=O) groups is 2. The molecule has 146 valence electrons. The van der Waals surface area contributed by atoms with Gasteiger partial charge in [0.15, 0.2) is 12.4 Å². The van der Waals surface area contributed by atoms with Gasteiger partial charge in [-0.1, -0.05) is 5.16 Å². The van der Waals surface area contributed by atoms with Crippen LogP contribution in [0.15, 0.2) is 50.3 Å². The van der Waals surface area contributed by atoms with Crippen molar-refractivity contribution in [2.24, 2.45) is 0 Å². The van der Waals surface area contributed by atoms with Crippen LogP contribution in [0.5, 0.6) is 5.75 Å². The Balaban J connectivity index is 1.59. The van der Waals surface area contributed by atoms with Crippen molar-refractivity contribution in [2.45, 2.75) is 13.0 Å². The van der Waals surface area contributed by atoms with Crippen molar-refractivity contribution in [1.82, 2.24) is 10.5 Å². The molecule has 2 aromatic heterocycles. The molecule has 2 heterocycles. The van der Waals surface area contributed by atoms with E-state index < -0.39 is 36.7 Å². The van der Waals surface area contributed by atoms with Crippen LogP contribution < -0.4 is 21.0 Å². The van der Waals surface area contributed by atoms with Crippen molar-refractivity contribution >= 4 is 28.6 Å². The number of rotatable bonds is 7. The van der Waals surface area contributed by atoms with E-state index in [-0.39, 0.29) is 5.82 Å². The summed E-state index contributed by atoms with van der Waals surface area (Å²) in [6.45, 7) is 0.761. The smallest absolute Gasteiger partial charge is 0.336 e. The Morgan fingerprint density at radius 2 is 2.11 bits per heavy atom. The monoisotopic (exact) mass is 387 g/mol. The fraction of sp³-hybridized carbons (Fsp3) is 0.222. The van der Waals surface area contributed by atoms with E-state index in [0.717, 1.165) is 10.9 Å². The number of nitrogens with zero attached hydrogens (tertiary/aromatic N) is 1. The number of aromatic nitrogens is 1. The van der Waals surface area contributed by atoms with Gasteiger partial charge in [0, 0.05) is 23.6 Å². The van der Waals surface area contributed by atoms with Gasteiger partial charge in [-0.3, -0.25) is 9.59 Å². The van der Waals surface area contributed by atoms with E-state index >= 15 is 0 Å². The van der Waals surface area contributed by atoms with Gasteiger partial charge < -0.3 is 29.4 Å². The van der Waals surface area contributed by atoms with E-state index in [0.29, 0.717) is 11.3 Å². The summed E-state index contributed by atoms with van der Waals surface area (Å²) in [5.41, 5.74) is 0.617. The number of nitrogens with one attached hydrogen (secondary N) is 2. The fourth-order valence-corrected chi connectivity index (χ4v) is 2.46. The molecule has 0 saturated carbocycles. The molecule has 0 spiro atoms.